The van der Waals surface area contributed by atoms with Gasteiger partial charge in [0.2, 0.25) is 15.9 Å². The Bertz CT molecular complexity index is 901. The zero-order valence-electron chi connectivity index (χ0n) is 14.5. The van der Waals surface area contributed by atoms with Crippen LogP contribution in [0.2, 0.25) is 10.0 Å². The molecule has 0 bridgehead atoms. The van der Waals surface area contributed by atoms with E-state index in [1.165, 1.54) is 18.2 Å². The van der Waals surface area contributed by atoms with Gasteiger partial charge in [-0.25, -0.2) is 8.42 Å². The van der Waals surface area contributed by atoms with E-state index in [4.69, 9.17) is 23.2 Å². The van der Waals surface area contributed by atoms with Crippen molar-refractivity contribution in [1.29, 1.82) is 0 Å². The highest BCUT2D eigenvalue weighted by Crippen LogP contribution is 2.28. The van der Waals surface area contributed by atoms with Crippen LogP contribution < -0.4 is 5.32 Å². The number of hydrogen-bond donors (Lipinski definition) is 1. The number of rotatable bonds is 7. The Kier molecular flexibility index (Phi) is 7.06. The Labute approximate surface area is 164 Å². The summed E-state index contributed by atoms with van der Waals surface area (Å²) in [6.07, 6.45) is 0.551. The molecular weight excluding hydrogens is 395 g/mol. The molecule has 0 heterocycles. The molecule has 0 fully saturated rings. The molecule has 26 heavy (non-hydrogen) atoms. The van der Waals surface area contributed by atoms with Gasteiger partial charge in [-0.3, -0.25) is 4.79 Å². The van der Waals surface area contributed by atoms with Gasteiger partial charge in [0.05, 0.1) is 11.6 Å². The van der Waals surface area contributed by atoms with Crippen LogP contribution in [0.4, 0.5) is 5.69 Å². The number of carbonyl (C=O) groups is 1. The van der Waals surface area contributed by atoms with Crippen molar-refractivity contribution < 1.29 is 13.2 Å². The van der Waals surface area contributed by atoms with Crippen molar-refractivity contribution in [3.63, 3.8) is 0 Å². The number of benzene rings is 2. The van der Waals surface area contributed by atoms with Crippen molar-refractivity contribution in [2.75, 3.05) is 18.4 Å². The maximum Gasteiger partial charge on any atom is 0.245 e. The molecule has 2 aromatic carbocycles. The summed E-state index contributed by atoms with van der Waals surface area (Å²) in [4.78, 5) is 12.3. The van der Waals surface area contributed by atoms with Crippen molar-refractivity contribution in [2.45, 2.75) is 25.2 Å². The Morgan fingerprint density at radius 2 is 1.85 bits per heavy atom. The van der Waals surface area contributed by atoms with Crippen molar-refractivity contribution in [1.82, 2.24) is 4.31 Å². The van der Waals surface area contributed by atoms with Crippen LogP contribution in [0.3, 0.4) is 0 Å². The number of amides is 1. The molecule has 0 atom stereocenters. The van der Waals surface area contributed by atoms with Crippen LogP contribution in [0, 0.1) is 6.92 Å². The highest BCUT2D eigenvalue weighted by atomic mass is 35.5. The standard InChI is InChI=1S/C18H20Cl2N2O3S/c1-3-10-22(12-18(23)21-16-7-5-4-6-13(16)2)26(24,25)17-11-14(19)8-9-15(17)20/h4-9,11H,3,10,12H2,1-2H3,(H,21,23). The largest absolute Gasteiger partial charge is 0.325 e. The number of aryl methyl sites for hydroxylation is 1. The quantitative estimate of drug-likeness (QED) is 0.732. The summed E-state index contributed by atoms with van der Waals surface area (Å²) in [7, 11) is -3.96. The molecule has 1 N–H and O–H groups in total. The van der Waals surface area contributed by atoms with Crippen LogP contribution in [0.25, 0.3) is 0 Å². The first-order chi connectivity index (χ1) is 12.3. The van der Waals surface area contributed by atoms with E-state index in [9.17, 15) is 13.2 Å². The minimum atomic E-state index is -3.96. The molecule has 0 spiro atoms. The van der Waals surface area contributed by atoms with E-state index >= 15 is 0 Å². The van der Waals surface area contributed by atoms with Crippen molar-refractivity contribution in [3.05, 3.63) is 58.1 Å². The fourth-order valence-corrected chi connectivity index (χ4v) is 4.64. The summed E-state index contributed by atoms with van der Waals surface area (Å²) in [5.74, 6) is -0.422. The van der Waals surface area contributed by atoms with E-state index in [2.05, 4.69) is 5.32 Å². The third-order valence-electron chi connectivity index (χ3n) is 3.72. The van der Waals surface area contributed by atoms with E-state index in [1.54, 1.807) is 12.1 Å². The number of nitrogens with one attached hydrogen (secondary N) is 1. The van der Waals surface area contributed by atoms with Gasteiger partial charge in [0.25, 0.3) is 0 Å². The fourth-order valence-electron chi connectivity index (χ4n) is 2.41. The first kappa shape index (κ1) is 20.7. The van der Waals surface area contributed by atoms with Crippen LogP contribution in [-0.4, -0.2) is 31.7 Å². The van der Waals surface area contributed by atoms with E-state index in [-0.39, 0.29) is 28.0 Å². The Balaban J connectivity index is 2.26. The van der Waals surface area contributed by atoms with E-state index < -0.39 is 15.9 Å². The van der Waals surface area contributed by atoms with Gasteiger partial charge in [-0.1, -0.05) is 48.3 Å². The summed E-state index contributed by atoms with van der Waals surface area (Å²) in [5, 5.41) is 3.07. The molecule has 0 aromatic heterocycles. The first-order valence-corrected chi connectivity index (χ1v) is 10.3. The minimum Gasteiger partial charge on any atom is -0.325 e. The molecule has 5 nitrogen and oxygen atoms in total. The van der Waals surface area contributed by atoms with Gasteiger partial charge >= 0.3 is 0 Å². The first-order valence-electron chi connectivity index (χ1n) is 8.06. The molecule has 1 amide bonds. The van der Waals surface area contributed by atoms with Crippen molar-refractivity contribution in [2.24, 2.45) is 0 Å². The highest BCUT2D eigenvalue weighted by Gasteiger charge is 2.28. The molecule has 0 aliphatic heterocycles. The minimum absolute atomic E-state index is 0.0646. The number of halogens is 2. The zero-order chi connectivity index (χ0) is 19.3. The molecule has 2 rings (SSSR count). The second-order valence-corrected chi connectivity index (χ2v) is 8.53. The fraction of sp³-hybridized carbons (Fsp3) is 0.278. The number of anilines is 1. The summed E-state index contributed by atoms with van der Waals surface area (Å²) in [6, 6.07) is 11.5. The number of para-hydroxylation sites is 1. The van der Waals surface area contributed by atoms with Crippen molar-refractivity contribution in [3.8, 4) is 0 Å². The van der Waals surface area contributed by atoms with Gasteiger partial charge in [0.1, 0.15) is 4.90 Å². The normalized spacial score (nSPS) is 11.6. The summed E-state index contributed by atoms with van der Waals surface area (Å²) in [5.41, 5.74) is 1.54. The van der Waals surface area contributed by atoms with E-state index in [1.807, 2.05) is 26.0 Å². The molecule has 0 saturated heterocycles. The van der Waals surface area contributed by atoms with Gasteiger partial charge in [-0.05, 0) is 43.2 Å². The molecule has 0 radical (unpaired) electrons. The second kappa shape index (κ2) is 8.86. The van der Waals surface area contributed by atoms with Gasteiger partial charge in [-0.2, -0.15) is 4.31 Å². The smallest absolute Gasteiger partial charge is 0.245 e. The third-order valence-corrected chi connectivity index (χ3v) is 6.29. The predicted octanol–water partition coefficient (Wildman–Crippen LogP) is 4.34. The average Bonchev–Trinajstić information content (AvgIpc) is 2.58. The molecular formula is C18H20Cl2N2O3S. The van der Waals surface area contributed by atoms with Crippen LogP contribution in [0.1, 0.15) is 18.9 Å². The SMILES string of the molecule is CCCN(CC(=O)Nc1ccccc1C)S(=O)(=O)c1cc(Cl)ccc1Cl. The lowest BCUT2D eigenvalue weighted by atomic mass is 10.2. The molecule has 140 valence electrons. The maximum atomic E-state index is 13.0. The van der Waals surface area contributed by atoms with E-state index in [0.29, 0.717) is 12.1 Å². The number of nitrogens with zero attached hydrogens (tertiary/aromatic N) is 1. The molecule has 8 heteroatoms. The van der Waals surface area contributed by atoms with Crippen LogP contribution in [0.15, 0.2) is 47.4 Å². The lowest BCUT2D eigenvalue weighted by molar-refractivity contribution is -0.116. The second-order valence-electron chi connectivity index (χ2n) is 5.78. The zero-order valence-corrected chi connectivity index (χ0v) is 16.8. The number of sulfonamides is 1. The van der Waals surface area contributed by atoms with Gasteiger partial charge in [-0.15, -0.1) is 0 Å². The average molecular weight is 415 g/mol. The maximum absolute atomic E-state index is 13.0. The van der Waals surface area contributed by atoms with Gasteiger partial charge < -0.3 is 5.32 Å². The van der Waals surface area contributed by atoms with Gasteiger partial charge in [0.15, 0.2) is 0 Å². The number of carbonyl (C=O) groups excluding carboxylic acids is 1. The van der Waals surface area contributed by atoms with Crippen LogP contribution in [-0.2, 0) is 14.8 Å². The lowest BCUT2D eigenvalue weighted by Crippen LogP contribution is -2.38. The summed E-state index contributed by atoms with van der Waals surface area (Å²) in [6.45, 7) is 3.57. The van der Waals surface area contributed by atoms with Crippen molar-refractivity contribution >= 4 is 44.8 Å². The molecule has 0 aliphatic carbocycles. The number of hydrogen-bond acceptors (Lipinski definition) is 3. The highest BCUT2D eigenvalue weighted by molar-refractivity contribution is 7.89. The Morgan fingerprint density at radius 3 is 2.50 bits per heavy atom. The molecule has 0 unspecified atom stereocenters. The van der Waals surface area contributed by atoms with Crippen LogP contribution in [0.5, 0.6) is 0 Å². The monoisotopic (exact) mass is 414 g/mol. The predicted molar refractivity (Wildman–Crippen MR) is 105 cm³/mol. The third kappa shape index (κ3) is 4.98. The molecule has 2 aromatic rings. The Hall–Kier alpha value is -1.60. The molecule has 0 saturated carbocycles. The Morgan fingerprint density at radius 1 is 1.15 bits per heavy atom. The lowest BCUT2D eigenvalue weighted by Gasteiger charge is -2.22. The topological polar surface area (TPSA) is 66.5 Å². The van der Waals surface area contributed by atoms with E-state index in [0.717, 1.165) is 9.87 Å². The summed E-state index contributed by atoms with van der Waals surface area (Å²) >= 11 is 12.0. The van der Waals surface area contributed by atoms with Gasteiger partial charge in [0, 0.05) is 17.3 Å². The molecule has 0 aliphatic rings. The van der Waals surface area contributed by atoms with Crippen LogP contribution >= 0.6 is 23.2 Å². The summed E-state index contributed by atoms with van der Waals surface area (Å²) < 4.78 is 27.0.